The van der Waals surface area contributed by atoms with Crippen molar-refractivity contribution in [2.75, 3.05) is 26.7 Å². The van der Waals surface area contributed by atoms with Crippen LogP contribution in [0.25, 0.3) is 0 Å². The molecule has 0 bridgehead atoms. The molecule has 1 saturated carbocycles. The van der Waals surface area contributed by atoms with Gasteiger partial charge in [0.15, 0.2) is 0 Å². The quantitative estimate of drug-likeness (QED) is 0.728. The third kappa shape index (κ3) is 2.81. The number of rotatable bonds is 0. The molecule has 0 spiro atoms. The van der Waals surface area contributed by atoms with Gasteiger partial charge in [-0.05, 0) is 37.6 Å². The minimum absolute atomic E-state index is 0.305. The van der Waals surface area contributed by atoms with Crippen molar-refractivity contribution in [3.8, 4) is 0 Å². The molecule has 2 aliphatic heterocycles. The van der Waals surface area contributed by atoms with Crippen molar-refractivity contribution in [2.24, 2.45) is 23.7 Å². The summed E-state index contributed by atoms with van der Waals surface area (Å²) in [7, 11) is 2.24. The molecule has 0 aromatic rings. The number of hydrogen-bond donors (Lipinski definition) is 1. The zero-order valence-corrected chi connectivity index (χ0v) is 12.2. The van der Waals surface area contributed by atoms with Crippen molar-refractivity contribution in [1.29, 1.82) is 0 Å². The van der Waals surface area contributed by atoms with E-state index in [0.29, 0.717) is 23.7 Å². The summed E-state index contributed by atoms with van der Waals surface area (Å²) in [4.78, 5) is 14.9. The van der Waals surface area contributed by atoms with Gasteiger partial charge in [-0.25, -0.2) is 0 Å². The van der Waals surface area contributed by atoms with Crippen LogP contribution < -0.4 is 5.32 Å². The van der Waals surface area contributed by atoms with Gasteiger partial charge in [0.2, 0.25) is 5.91 Å². The Morgan fingerprint density at radius 1 is 1.00 bits per heavy atom. The van der Waals surface area contributed by atoms with Crippen LogP contribution in [0.15, 0.2) is 0 Å². The molecule has 3 heteroatoms. The van der Waals surface area contributed by atoms with Crippen molar-refractivity contribution in [2.45, 2.75) is 44.9 Å². The number of likely N-dealkylation sites (tertiary alicyclic amines) is 1. The van der Waals surface area contributed by atoms with Crippen molar-refractivity contribution >= 4 is 5.91 Å². The van der Waals surface area contributed by atoms with Crippen LogP contribution in [-0.2, 0) is 4.79 Å². The molecule has 0 radical (unpaired) electrons. The molecular weight excluding hydrogens is 236 g/mol. The summed E-state index contributed by atoms with van der Waals surface area (Å²) < 4.78 is 0. The molecular formula is C16H28N2O. The molecule has 4 unspecified atom stereocenters. The Morgan fingerprint density at radius 3 is 2.58 bits per heavy atom. The number of carbonyl (C=O) groups excluding carboxylic acids is 1. The van der Waals surface area contributed by atoms with Crippen LogP contribution in [0.1, 0.15) is 44.9 Å². The molecule has 3 nitrogen and oxygen atoms in total. The number of fused-ring (bicyclic) bond motifs is 3. The Bertz CT molecular complexity index is 331. The zero-order chi connectivity index (χ0) is 13.2. The molecule has 0 aromatic carbocycles. The second-order valence-electron chi connectivity index (χ2n) is 7.01. The molecule has 1 aliphatic carbocycles. The minimum Gasteiger partial charge on any atom is -0.356 e. The highest BCUT2D eigenvalue weighted by molar-refractivity contribution is 5.79. The van der Waals surface area contributed by atoms with Crippen LogP contribution in [-0.4, -0.2) is 37.5 Å². The summed E-state index contributed by atoms with van der Waals surface area (Å²) in [5, 5.41) is 3.24. The summed E-state index contributed by atoms with van der Waals surface area (Å²) in [6.07, 6.45) is 9.07. The molecule has 3 fully saturated rings. The molecule has 4 atom stereocenters. The van der Waals surface area contributed by atoms with Crippen molar-refractivity contribution in [3.63, 3.8) is 0 Å². The third-order valence-electron chi connectivity index (χ3n) is 5.67. The predicted octanol–water partition coefficient (Wildman–Crippen LogP) is 2.27. The Morgan fingerprint density at radius 2 is 1.74 bits per heavy atom. The first-order valence-corrected chi connectivity index (χ1v) is 8.22. The van der Waals surface area contributed by atoms with E-state index in [1.165, 1.54) is 51.6 Å². The first-order chi connectivity index (χ1) is 9.25. The largest absolute Gasteiger partial charge is 0.356 e. The fourth-order valence-electron chi connectivity index (χ4n) is 4.71. The molecule has 0 aromatic heterocycles. The number of hydrogen-bond acceptors (Lipinski definition) is 2. The summed E-state index contributed by atoms with van der Waals surface area (Å²) in [5.41, 5.74) is 0. The molecule has 1 amide bonds. The van der Waals surface area contributed by atoms with Crippen LogP contribution in [0.3, 0.4) is 0 Å². The predicted molar refractivity (Wildman–Crippen MR) is 76.8 cm³/mol. The monoisotopic (exact) mass is 264 g/mol. The van der Waals surface area contributed by atoms with Gasteiger partial charge in [-0.3, -0.25) is 4.79 Å². The van der Waals surface area contributed by atoms with E-state index < -0.39 is 0 Å². The van der Waals surface area contributed by atoms with E-state index in [4.69, 9.17) is 0 Å². The smallest absolute Gasteiger partial charge is 0.223 e. The van der Waals surface area contributed by atoms with Gasteiger partial charge in [-0.15, -0.1) is 0 Å². The van der Waals surface area contributed by atoms with Crippen LogP contribution >= 0.6 is 0 Å². The number of nitrogens with one attached hydrogen (secondary N) is 1. The lowest BCUT2D eigenvalue weighted by molar-refractivity contribution is -0.126. The van der Waals surface area contributed by atoms with E-state index in [1.807, 2.05) is 0 Å². The molecule has 2 heterocycles. The van der Waals surface area contributed by atoms with Gasteiger partial charge in [-0.1, -0.05) is 32.1 Å². The maximum atomic E-state index is 12.4. The lowest BCUT2D eigenvalue weighted by Crippen LogP contribution is -2.35. The number of nitrogens with zero attached hydrogens (tertiary/aromatic N) is 1. The van der Waals surface area contributed by atoms with Gasteiger partial charge in [0.1, 0.15) is 0 Å². The van der Waals surface area contributed by atoms with Gasteiger partial charge in [0.05, 0.1) is 0 Å². The SMILES string of the molecule is CN1CC2CNC(=O)C3CCCCCCCC3C2C1. The first kappa shape index (κ1) is 13.4. The van der Waals surface area contributed by atoms with E-state index >= 15 is 0 Å². The maximum Gasteiger partial charge on any atom is 0.223 e. The van der Waals surface area contributed by atoms with Crippen molar-refractivity contribution in [3.05, 3.63) is 0 Å². The highest BCUT2D eigenvalue weighted by Gasteiger charge is 2.44. The minimum atomic E-state index is 0.305. The van der Waals surface area contributed by atoms with E-state index in [1.54, 1.807) is 0 Å². The summed E-state index contributed by atoms with van der Waals surface area (Å²) in [6, 6.07) is 0. The topological polar surface area (TPSA) is 32.3 Å². The summed E-state index contributed by atoms with van der Waals surface area (Å²) in [6.45, 7) is 3.30. The fraction of sp³-hybridized carbons (Fsp3) is 0.938. The van der Waals surface area contributed by atoms with Crippen molar-refractivity contribution in [1.82, 2.24) is 10.2 Å². The Kier molecular flexibility index (Phi) is 4.11. The average Bonchev–Trinajstić information content (AvgIpc) is 2.76. The van der Waals surface area contributed by atoms with Crippen LogP contribution in [0.4, 0.5) is 0 Å². The molecule has 3 aliphatic rings. The normalized spacial score (nSPS) is 41.2. The van der Waals surface area contributed by atoms with E-state index in [0.717, 1.165) is 18.9 Å². The molecule has 108 valence electrons. The van der Waals surface area contributed by atoms with Crippen LogP contribution in [0, 0.1) is 23.7 Å². The second kappa shape index (κ2) is 5.82. The van der Waals surface area contributed by atoms with E-state index in [-0.39, 0.29) is 0 Å². The second-order valence-corrected chi connectivity index (χ2v) is 7.01. The van der Waals surface area contributed by atoms with Crippen LogP contribution in [0.2, 0.25) is 0 Å². The van der Waals surface area contributed by atoms with E-state index in [9.17, 15) is 4.79 Å². The van der Waals surface area contributed by atoms with Gasteiger partial charge in [-0.2, -0.15) is 0 Å². The fourth-order valence-corrected chi connectivity index (χ4v) is 4.71. The molecule has 19 heavy (non-hydrogen) atoms. The molecule has 3 rings (SSSR count). The van der Waals surface area contributed by atoms with E-state index in [2.05, 4.69) is 17.3 Å². The van der Waals surface area contributed by atoms with Gasteiger partial charge < -0.3 is 10.2 Å². The van der Waals surface area contributed by atoms with Gasteiger partial charge >= 0.3 is 0 Å². The number of amides is 1. The Labute approximate surface area is 117 Å². The number of carbonyl (C=O) groups is 1. The first-order valence-electron chi connectivity index (χ1n) is 8.22. The summed E-state index contributed by atoms with van der Waals surface area (Å²) >= 11 is 0. The van der Waals surface area contributed by atoms with Gasteiger partial charge in [0, 0.05) is 25.6 Å². The van der Waals surface area contributed by atoms with Crippen LogP contribution in [0.5, 0.6) is 0 Å². The average molecular weight is 264 g/mol. The Balaban J connectivity index is 1.82. The lowest BCUT2D eigenvalue weighted by atomic mass is 9.73. The maximum absolute atomic E-state index is 12.4. The highest BCUT2D eigenvalue weighted by Crippen LogP contribution is 2.41. The standard InChI is InChI=1S/C16H28N2O/c1-18-10-12-9-17-16(19)14-8-6-4-2-3-5-7-13(14)15(12)11-18/h12-15H,2-11H2,1H3,(H,17,19). The zero-order valence-electron chi connectivity index (χ0n) is 12.2. The lowest BCUT2D eigenvalue weighted by Gasteiger charge is -2.29. The molecule has 2 saturated heterocycles. The summed E-state index contributed by atoms with van der Waals surface area (Å²) in [5.74, 6) is 2.77. The van der Waals surface area contributed by atoms with Gasteiger partial charge in [0.25, 0.3) is 0 Å². The molecule has 1 N–H and O–H groups in total. The Hall–Kier alpha value is -0.570. The highest BCUT2D eigenvalue weighted by atomic mass is 16.1. The van der Waals surface area contributed by atoms with Crippen molar-refractivity contribution < 1.29 is 4.79 Å². The third-order valence-corrected chi connectivity index (χ3v) is 5.67.